The molecule has 120 valence electrons. The van der Waals surface area contributed by atoms with Gasteiger partial charge in [-0.1, -0.05) is 52.4 Å². The van der Waals surface area contributed by atoms with Crippen molar-refractivity contribution >= 4 is 0 Å². The van der Waals surface area contributed by atoms with E-state index < -0.39 is 0 Å². The topological polar surface area (TPSA) is 21.3 Å². The van der Waals surface area contributed by atoms with Gasteiger partial charge in [0.25, 0.3) is 0 Å². The minimum atomic E-state index is 0.474. The van der Waals surface area contributed by atoms with E-state index in [1.54, 1.807) is 0 Å². The van der Waals surface area contributed by atoms with Crippen LogP contribution in [0.4, 0.5) is 0 Å². The quantitative estimate of drug-likeness (QED) is 0.457. The summed E-state index contributed by atoms with van der Waals surface area (Å²) in [6.07, 6.45) is 14.1. The molecule has 1 aliphatic rings. The largest absolute Gasteiger partial charge is 0.377 e. The molecular weight excluding hydrogens is 246 g/mol. The SMILES string of the molecule is CCCCCCCCC(NCCC)C(OCC)C1CC1. The number of ether oxygens (including phenoxy) is 1. The summed E-state index contributed by atoms with van der Waals surface area (Å²) in [5, 5.41) is 3.75. The molecule has 0 spiro atoms. The van der Waals surface area contributed by atoms with Crippen molar-refractivity contribution in [2.24, 2.45) is 5.92 Å². The van der Waals surface area contributed by atoms with Gasteiger partial charge in [0.2, 0.25) is 0 Å². The monoisotopic (exact) mass is 283 g/mol. The van der Waals surface area contributed by atoms with Gasteiger partial charge in [-0.2, -0.15) is 0 Å². The Hall–Kier alpha value is -0.0800. The fourth-order valence-corrected chi connectivity index (χ4v) is 3.05. The molecule has 0 amide bonds. The second kappa shape index (κ2) is 11.6. The molecule has 2 atom stereocenters. The van der Waals surface area contributed by atoms with Gasteiger partial charge in [0.05, 0.1) is 6.10 Å². The van der Waals surface area contributed by atoms with E-state index in [0.29, 0.717) is 12.1 Å². The highest BCUT2D eigenvalue weighted by Gasteiger charge is 2.36. The normalized spacial score (nSPS) is 18.1. The summed E-state index contributed by atoms with van der Waals surface area (Å²) in [4.78, 5) is 0. The van der Waals surface area contributed by atoms with E-state index in [1.165, 1.54) is 64.2 Å². The van der Waals surface area contributed by atoms with Crippen molar-refractivity contribution in [1.82, 2.24) is 5.32 Å². The highest BCUT2D eigenvalue weighted by molar-refractivity contribution is 4.90. The summed E-state index contributed by atoms with van der Waals surface area (Å²) in [6.45, 7) is 8.67. The molecule has 0 aromatic carbocycles. The smallest absolute Gasteiger partial charge is 0.0755 e. The zero-order chi connectivity index (χ0) is 14.6. The van der Waals surface area contributed by atoms with Crippen molar-refractivity contribution in [2.75, 3.05) is 13.2 Å². The lowest BCUT2D eigenvalue weighted by molar-refractivity contribution is 0.0164. The van der Waals surface area contributed by atoms with Crippen LogP contribution in [0, 0.1) is 5.92 Å². The fourth-order valence-electron chi connectivity index (χ4n) is 3.05. The van der Waals surface area contributed by atoms with Crippen molar-refractivity contribution in [2.45, 2.75) is 97.1 Å². The Balaban J connectivity index is 2.26. The van der Waals surface area contributed by atoms with E-state index in [1.807, 2.05) is 0 Å². The maximum Gasteiger partial charge on any atom is 0.0755 e. The van der Waals surface area contributed by atoms with Crippen molar-refractivity contribution in [1.29, 1.82) is 0 Å². The Morgan fingerprint density at radius 1 is 0.950 bits per heavy atom. The molecule has 1 aliphatic carbocycles. The number of nitrogens with one attached hydrogen (secondary N) is 1. The standard InChI is InChI=1S/C18H37NO/c1-4-7-8-9-10-11-12-17(19-15-5-2)18(20-6-3)16-13-14-16/h16-19H,4-15H2,1-3H3. The Bertz CT molecular complexity index is 215. The summed E-state index contributed by atoms with van der Waals surface area (Å²) < 4.78 is 6.06. The van der Waals surface area contributed by atoms with Gasteiger partial charge in [-0.15, -0.1) is 0 Å². The first-order chi connectivity index (χ1) is 9.83. The summed E-state index contributed by atoms with van der Waals surface area (Å²) in [5.41, 5.74) is 0. The van der Waals surface area contributed by atoms with Crippen LogP contribution in [0.25, 0.3) is 0 Å². The van der Waals surface area contributed by atoms with Gasteiger partial charge in [0, 0.05) is 12.6 Å². The van der Waals surface area contributed by atoms with Crippen LogP contribution < -0.4 is 5.32 Å². The van der Waals surface area contributed by atoms with Gasteiger partial charge >= 0.3 is 0 Å². The number of hydrogen-bond donors (Lipinski definition) is 1. The van der Waals surface area contributed by atoms with Crippen LogP contribution >= 0.6 is 0 Å². The molecular formula is C18H37NO. The van der Waals surface area contributed by atoms with Gasteiger partial charge in [-0.25, -0.2) is 0 Å². The number of unbranched alkanes of at least 4 members (excludes halogenated alkanes) is 5. The van der Waals surface area contributed by atoms with Crippen LogP contribution in [0.15, 0.2) is 0 Å². The van der Waals surface area contributed by atoms with E-state index in [-0.39, 0.29) is 0 Å². The van der Waals surface area contributed by atoms with Crippen LogP contribution in [0.5, 0.6) is 0 Å². The second-order valence-corrected chi connectivity index (χ2v) is 6.37. The molecule has 0 bridgehead atoms. The first kappa shape index (κ1) is 18.0. The van der Waals surface area contributed by atoms with Gasteiger partial charge in [-0.05, 0) is 45.1 Å². The predicted molar refractivity (Wildman–Crippen MR) is 88.2 cm³/mol. The lowest BCUT2D eigenvalue weighted by atomic mass is 9.98. The number of rotatable bonds is 14. The third-order valence-electron chi connectivity index (χ3n) is 4.37. The molecule has 0 aliphatic heterocycles. The van der Waals surface area contributed by atoms with Crippen LogP contribution in [-0.4, -0.2) is 25.3 Å². The molecule has 0 aromatic heterocycles. The first-order valence-corrected chi connectivity index (χ1v) is 9.18. The average molecular weight is 284 g/mol. The molecule has 0 saturated heterocycles. The van der Waals surface area contributed by atoms with Crippen molar-refractivity contribution in [3.8, 4) is 0 Å². The maximum atomic E-state index is 6.06. The van der Waals surface area contributed by atoms with Gasteiger partial charge in [0.15, 0.2) is 0 Å². The zero-order valence-corrected chi connectivity index (χ0v) is 14.1. The molecule has 1 saturated carbocycles. The summed E-state index contributed by atoms with van der Waals surface area (Å²) in [6, 6.07) is 0.591. The van der Waals surface area contributed by atoms with Crippen LogP contribution in [0.2, 0.25) is 0 Å². The molecule has 2 unspecified atom stereocenters. The zero-order valence-electron chi connectivity index (χ0n) is 14.1. The minimum Gasteiger partial charge on any atom is -0.377 e. The molecule has 0 radical (unpaired) electrons. The van der Waals surface area contributed by atoms with E-state index >= 15 is 0 Å². The van der Waals surface area contributed by atoms with Gasteiger partial charge < -0.3 is 10.1 Å². The molecule has 0 aromatic rings. The molecule has 0 heterocycles. The predicted octanol–water partition coefficient (Wildman–Crippen LogP) is 4.92. The summed E-state index contributed by atoms with van der Waals surface area (Å²) >= 11 is 0. The van der Waals surface area contributed by atoms with Gasteiger partial charge in [-0.3, -0.25) is 0 Å². The Morgan fingerprint density at radius 3 is 2.25 bits per heavy atom. The van der Waals surface area contributed by atoms with Crippen LogP contribution in [0.3, 0.4) is 0 Å². The third kappa shape index (κ3) is 7.64. The highest BCUT2D eigenvalue weighted by atomic mass is 16.5. The van der Waals surface area contributed by atoms with Crippen molar-refractivity contribution < 1.29 is 4.74 Å². The Morgan fingerprint density at radius 2 is 1.65 bits per heavy atom. The molecule has 1 N–H and O–H groups in total. The van der Waals surface area contributed by atoms with E-state index in [4.69, 9.17) is 4.74 Å². The van der Waals surface area contributed by atoms with E-state index in [9.17, 15) is 0 Å². The summed E-state index contributed by atoms with van der Waals surface area (Å²) in [7, 11) is 0. The van der Waals surface area contributed by atoms with Crippen molar-refractivity contribution in [3.05, 3.63) is 0 Å². The molecule has 2 nitrogen and oxygen atoms in total. The third-order valence-corrected chi connectivity index (χ3v) is 4.37. The Kier molecular flexibility index (Phi) is 10.4. The van der Waals surface area contributed by atoms with Crippen molar-refractivity contribution in [3.63, 3.8) is 0 Å². The van der Waals surface area contributed by atoms with Gasteiger partial charge in [0.1, 0.15) is 0 Å². The van der Waals surface area contributed by atoms with E-state index in [2.05, 4.69) is 26.1 Å². The first-order valence-electron chi connectivity index (χ1n) is 9.18. The second-order valence-electron chi connectivity index (χ2n) is 6.37. The fraction of sp³-hybridized carbons (Fsp3) is 1.00. The highest BCUT2D eigenvalue weighted by Crippen LogP contribution is 2.36. The lowest BCUT2D eigenvalue weighted by Gasteiger charge is -2.28. The van der Waals surface area contributed by atoms with Crippen LogP contribution in [0.1, 0.15) is 85.0 Å². The summed E-state index contributed by atoms with van der Waals surface area (Å²) in [5.74, 6) is 0.837. The van der Waals surface area contributed by atoms with Crippen LogP contribution in [-0.2, 0) is 4.74 Å². The number of hydrogen-bond acceptors (Lipinski definition) is 2. The molecule has 1 rings (SSSR count). The molecule has 1 fully saturated rings. The van der Waals surface area contributed by atoms with E-state index in [0.717, 1.165) is 19.1 Å². The maximum absolute atomic E-state index is 6.06. The molecule has 20 heavy (non-hydrogen) atoms. The lowest BCUT2D eigenvalue weighted by Crippen LogP contribution is -2.43. The Labute approximate surface area is 127 Å². The molecule has 2 heteroatoms. The minimum absolute atomic E-state index is 0.474. The average Bonchev–Trinajstić information content (AvgIpc) is 3.28.